The Morgan fingerprint density at radius 3 is 2.36 bits per heavy atom. The van der Waals surface area contributed by atoms with E-state index < -0.39 is 49.4 Å². The van der Waals surface area contributed by atoms with E-state index in [1.165, 1.54) is 18.3 Å². The lowest BCUT2D eigenvalue weighted by Crippen LogP contribution is -2.17. The van der Waals surface area contributed by atoms with Crippen molar-refractivity contribution in [2.24, 2.45) is 0 Å². The molecule has 0 saturated heterocycles. The summed E-state index contributed by atoms with van der Waals surface area (Å²) < 4.78 is 70.2. The molecule has 5 aromatic rings. The van der Waals surface area contributed by atoms with Crippen molar-refractivity contribution in [2.75, 3.05) is 4.72 Å². The predicted molar refractivity (Wildman–Crippen MR) is 138 cm³/mol. The van der Waals surface area contributed by atoms with Crippen LogP contribution in [0.1, 0.15) is 41.5 Å². The van der Waals surface area contributed by atoms with E-state index in [1.807, 2.05) is 18.6 Å². The molecule has 0 bridgehead atoms. The number of H-pyrrole nitrogens is 1. The number of pyridine rings is 1. The first-order valence-electron chi connectivity index (χ1n) is 11.7. The summed E-state index contributed by atoms with van der Waals surface area (Å²) in [5.41, 5.74) is 0.720. The average Bonchev–Trinajstić information content (AvgIpc) is 3.34. The summed E-state index contributed by atoms with van der Waals surface area (Å²) in [5, 5.41) is 0.401. The molecule has 0 amide bonds. The minimum absolute atomic E-state index is 0.0918. The second-order valence-corrected chi connectivity index (χ2v) is 10.6. The molecule has 0 aliphatic carbocycles. The molecule has 0 atom stereocenters. The van der Waals surface area contributed by atoms with Crippen molar-refractivity contribution in [1.82, 2.24) is 19.9 Å². The van der Waals surface area contributed by atoms with Gasteiger partial charge in [0.2, 0.25) is 0 Å². The highest BCUT2D eigenvalue weighted by Crippen LogP contribution is 2.29. The van der Waals surface area contributed by atoms with Crippen LogP contribution in [0.4, 0.5) is 18.9 Å². The number of nitrogens with zero attached hydrogens (tertiary/aromatic N) is 3. The molecule has 39 heavy (non-hydrogen) atoms. The summed E-state index contributed by atoms with van der Waals surface area (Å²) in [6.07, 6.45) is 6.26. The summed E-state index contributed by atoms with van der Waals surface area (Å²) in [4.78, 5) is 28.3. The van der Waals surface area contributed by atoms with Crippen LogP contribution in [0.25, 0.3) is 22.2 Å². The molecule has 5 rings (SSSR count). The quantitative estimate of drug-likeness (QED) is 0.255. The van der Waals surface area contributed by atoms with Crippen molar-refractivity contribution in [3.8, 4) is 11.1 Å². The smallest absolute Gasteiger partial charge is 0.265 e. The maximum Gasteiger partial charge on any atom is 0.265 e. The molecule has 2 aromatic carbocycles. The lowest BCUT2D eigenvalue weighted by atomic mass is 10.0. The number of ketones is 1. The van der Waals surface area contributed by atoms with Crippen LogP contribution in [0.2, 0.25) is 0 Å². The second-order valence-electron chi connectivity index (χ2n) is 8.98. The number of carbonyl (C=O) groups is 1. The number of fused-ring (bicyclic) bond motifs is 1. The Hall–Kier alpha value is -4.58. The van der Waals surface area contributed by atoms with Gasteiger partial charge in [-0.05, 0) is 36.4 Å². The summed E-state index contributed by atoms with van der Waals surface area (Å²) >= 11 is 0. The molecule has 0 unspecified atom stereocenters. The fourth-order valence-corrected chi connectivity index (χ4v) is 5.10. The van der Waals surface area contributed by atoms with Crippen LogP contribution >= 0.6 is 0 Å². The van der Waals surface area contributed by atoms with E-state index in [0.29, 0.717) is 40.1 Å². The zero-order valence-corrected chi connectivity index (χ0v) is 21.4. The van der Waals surface area contributed by atoms with Crippen molar-refractivity contribution >= 4 is 32.5 Å². The van der Waals surface area contributed by atoms with Crippen molar-refractivity contribution in [1.29, 1.82) is 0 Å². The van der Waals surface area contributed by atoms with Crippen molar-refractivity contribution < 1.29 is 26.4 Å². The molecule has 0 fully saturated rings. The zero-order chi connectivity index (χ0) is 27.9. The third kappa shape index (κ3) is 4.98. The highest BCUT2D eigenvalue weighted by molar-refractivity contribution is 7.92. The summed E-state index contributed by atoms with van der Waals surface area (Å²) in [7, 11) is -4.71. The molecule has 0 aliphatic rings. The number of nitrogens with one attached hydrogen (secondary N) is 2. The van der Waals surface area contributed by atoms with Gasteiger partial charge in [0, 0.05) is 52.8 Å². The van der Waals surface area contributed by atoms with Crippen molar-refractivity contribution in [3.63, 3.8) is 0 Å². The average molecular weight is 552 g/mol. The summed E-state index contributed by atoms with van der Waals surface area (Å²) in [5.74, 6) is -3.31. The first kappa shape index (κ1) is 26.0. The predicted octanol–water partition coefficient (Wildman–Crippen LogP) is 5.59. The van der Waals surface area contributed by atoms with Gasteiger partial charge in [-0.3, -0.25) is 9.52 Å². The van der Waals surface area contributed by atoms with Gasteiger partial charge < -0.3 is 4.98 Å². The van der Waals surface area contributed by atoms with E-state index in [9.17, 15) is 22.0 Å². The molecule has 2 N–H and O–H groups in total. The molecular formula is C27H20F3N5O3S. The van der Waals surface area contributed by atoms with Crippen LogP contribution in [-0.2, 0) is 10.0 Å². The van der Waals surface area contributed by atoms with Crippen molar-refractivity contribution in [2.45, 2.75) is 24.7 Å². The topological polar surface area (TPSA) is 118 Å². The number of sulfonamides is 1. The van der Waals surface area contributed by atoms with Crippen LogP contribution in [0.3, 0.4) is 0 Å². The van der Waals surface area contributed by atoms with Gasteiger partial charge in [-0.1, -0.05) is 19.9 Å². The molecule has 0 radical (unpaired) electrons. The fraction of sp³-hybridized carbons (Fsp3) is 0.111. The highest BCUT2D eigenvalue weighted by atomic mass is 32.2. The SMILES string of the molecule is CC(C)c1ncc(-c2cnc3[nH]cc(C(=O)c4cccc(NS(=O)(=O)c5cc(F)ccc5F)c4F)c3c2)cn1. The Morgan fingerprint density at radius 1 is 0.923 bits per heavy atom. The number of aromatic nitrogens is 4. The van der Waals surface area contributed by atoms with Gasteiger partial charge in [0.25, 0.3) is 10.0 Å². The summed E-state index contributed by atoms with van der Waals surface area (Å²) in [6.45, 7) is 3.94. The van der Waals surface area contributed by atoms with E-state index in [1.54, 1.807) is 24.7 Å². The number of hydrogen-bond acceptors (Lipinski definition) is 6. The van der Waals surface area contributed by atoms with Gasteiger partial charge >= 0.3 is 0 Å². The number of carbonyl (C=O) groups excluding carboxylic acids is 1. The minimum atomic E-state index is -4.71. The van der Waals surface area contributed by atoms with Crippen LogP contribution in [0.5, 0.6) is 0 Å². The number of benzene rings is 2. The first-order valence-corrected chi connectivity index (χ1v) is 13.1. The van der Waals surface area contributed by atoms with Crippen LogP contribution in [0, 0.1) is 17.5 Å². The number of hydrogen-bond donors (Lipinski definition) is 2. The Bertz CT molecular complexity index is 1840. The van der Waals surface area contributed by atoms with E-state index in [4.69, 9.17) is 0 Å². The third-order valence-electron chi connectivity index (χ3n) is 5.97. The molecule has 3 heterocycles. The molecule has 3 aromatic heterocycles. The monoisotopic (exact) mass is 551 g/mol. The van der Waals surface area contributed by atoms with E-state index >= 15 is 4.39 Å². The van der Waals surface area contributed by atoms with Crippen LogP contribution < -0.4 is 4.72 Å². The fourth-order valence-electron chi connectivity index (χ4n) is 3.95. The van der Waals surface area contributed by atoms with Gasteiger partial charge in [0.15, 0.2) is 11.6 Å². The number of halogens is 3. The molecule has 12 heteroatoms. The molecule has 8 nitrogen and oxygen atoms in total. The lowest BCUT2D eigenvalue weighted by Gasteiger charge is -2.12. The Morgan fingerprint density at radius 2 is 1.64 bits per heavy atom. The molecule has 0 aliphatic heterocycles. The Kier molecular flexibility index (Phi) is 6.64. The molecule has 0 saturated carbocycles. The second kappa shape index (κ2) is 9.95. The van der Waals surface area contributed by atoms with E-state index in [-0.39, 0.29) is 11.5 Å². The van der Waals surface area contributed by atoms with Crippen LogP contribution in [0.15, 0.2) is 72.1 Å². The molecular weight excluding hydrogens is 531 g/mol. The van der Waals surface area contributed by atoms with Gasteiger partial charge in [-0.2, -0.15) is 0 Å². The van der Waals surface area contributed by atoms with Crippen LogP contribution in [-0.4, -0.2) is 34.1 Å². The first-order chi connectivity index (χ1) is 18.5. The number of anilines is 1. The zero-order valence-electron chi connectivity index (χ0n) is 20.5. The van der Waals surface area contributed by atoms with E-state index in [0.717, 1.165) is 12.1 Å². The summed E-state index contributed by atoms with van der Waals surface area (Å²) in [6, 6.07) is 7.08. The third-order valence-corrected chi connectivity index (χ3v) is 7.35. The van der Waals surface area contributed by atoms with Gasteiger partial charge in [0.1, 0.15) is 28.0 Å². The van der Waals surface area contributed by atoms with Crippen molar-refractivity contribution in [3.05, 3.63) is 102 Å². The molecule has 0 spiro atoms. The Balaban J connectivity index is 1.50. The highest BCUT2D eigenvalue weighted by Gasteiger charge is 2.25. The minimum Gasteiger partial charge on any atom is -0.345 e. The maximum absolute atomic E-state index is 15.4. The molecule has 198 valence electrons. The Labute approximate surface area is 221 Å². The van der Waals surface area contributed by atoms with Gasteiger partial charge in [-0.25, -0.2) is 36.5 Å². The standard InChI is InChI=1S/C27H20F3N5O3S/c1-14(2)26-31-11-16(12-32-26)15-8-19-20(13-34-27(19)33-10-15)25(36)18-4-3-5-22(24(18)30)35-39(37,38)23-9-17(28)6-7-21(23)29/h3-14,35H,1-2H3,(H,33,34). The van der Waals surface area contributed by atoms with Gasteiger partial charge in [-0.15, -0.1) is 0 Å². The maximum atomic E-state index is 15.4. The lowest BCUT2D eigenvalue weighted by molar-refractivity contribution is 0.103. The number of aromatic amines is 1. The number of rotatable bonds is 7. The van der Waals surface area contributed by atoms with E-state index in [2.05, 4.69) is 19.9 Å². The largest absolute Gasteiger partial charge is 0.345 e. The normalized spacial score (nSPS) is 11.7. The van der Waals surface area contributed by atoms with Gasteiger partial charge in [0.05, 0.1) is 11.3 Å².